The smallest absolute Gasteiger partial charge is 0.119 e. The first-order chi connectivity index (χ1) is 7.25. The van der Waals surface area contributed by atoms with Crippen LogP contribution in [0.3, 0.4) is 0 Å². The number of nitrogens with two attached hydrogens (primary N) is 1. The highest BCUT2D eigenvalue weighted by Crippen LogP contribution is 2.24. The minimum Gasteiger partial charge on any atom is -0.492 e. The van der Waals surface area contributed by atoms with Gasteiger partial charge in [-0.2, -0.15) is 0 Å². The van der Waals surface area contributed by atoms with Crippen molar-refractivity contribution in [2.75, 3.05) is 25.9 Å². The number of likely N-dealkylation sites (N-methyl/N-ethyl adjacent to an activating group) is 1. The summed E-state index contributed by atoms with van der Waals surface area (Å²) in [5, 5.41) is 0. The quantitative estimate of drug-likeness (QED) is 0.746. The molecule has 1 saturated carbocycles. The highest BCUT2D eigenvalue weighted by atomic mass is 16.5. The average molecular weight is 206 g/mol. The van der Waals surface area contributed by atoms with E-state index in [2.05, 4.69) is 11.9 Å². The maximum Gasteiger partial charge on any atom is 0.119 e. The first-order valence-corrected chi connectivity index (χ1v) is 5.44. The fraction of sp³-hybridized carbons (Fsp3) is 0.500. The van der Waals surface area contributed by atoms with E-state index in [0.717, 1.165) is 30.6 Å². The Labute approximate surface area is 90.8 Å². The summed E-state index contributed by atoms with van der Waals surface area (Å²) in [7, 11) is 2.16. The summed E-state index contributed by atoms with van der Waals surface area (Å²) >= 11 is 0. The van der Waals surface area contributed by atoms with Crippen LogP contribution in [0.1, 0.15) is 12.8 Å². The molecule has 1 aliphatic rings. The average Bonchev–Trinajstić information content (AvgIpc) is 3.04. The zero-order valence-corrected chi connectivity index (χ0v) is 9.15. The van der Waals surface area contributed by atoms with Gasteiger partial charge in [0.05, 0.1) is 0 Å². The Morgan fingerprint density at radius 2 is 2.00 bits per heavy atom. The summed E-state index contributed by atoms with van der Waals surface area (Å²) in [5.41, 5.74) is 6.36. The number of benzene rings is 1. The lowest BCUT2D eigenvalue weighted by Gasteiger charge is -2.15. The lowest BCUT2D eigenvalue weighted by Crippen LogP contribution is -2.26. The zero-order valence-electron chi connectivity index (χ0n) is 9.15. The molecule has 0 amide bonds. The van der Waals surface area contributed by atoms with Gasteiger partial charge >= 0.3 is 0 Å². The first kappa shape index (κ1) is 10.3. The third-order valence-corrected chi connectivity index (χ3v) is 2.76. The molecule has 1 aliphatic carbocycles. The fourth-order valence-corrected chi connectivity index (χ4v) is 1.57. The van der Waals surface area contributed by atoms with Crippen LogP contribution in [-0.2, 0) is 0 Å². The van der Waals surface area contributed by atoms with Crippen LogP contribution in [0.2, 0.25) is 0 Å². The Kier molecular flexibility index (Phi) is 3.11. The molecule has 0 spiro atoms. The molecule has 1 fully saturated rings. The zero-order chi connectivity index (χ0) is 10.7. The Hall–Kier alpha value is -1.22. The van der Waals surface area contributed by atoms with Crippen molar-refractivity contribution in [3.8, 4) is 5.75 Å². The van der Waals surface area contributed by atoms with Gasteiger partial charge in [-0.1, -0.05) is 0 Å². The van der Waals surface area contributed by atoms with E-state index in [0.29, 0.717) is 0 Å². The Balaban J connectivity index is 1.70. The van der Waals surface area contributed by atoms with Crippen LogP contribution in [0, 0.1) is 0 Å². The number of nitrogens with zero attached hydrogens (tertiary/aromatic N) is 1. The third kappa shape index (κ3) is 3.13. The van der Waals surface area contributed by atoms with Crippen molar-refractivity contribution in [1.29, 1.82) is 0 Å². The molecular weight excluding hydrogens is 188 g/mol. The fourth-order valence-electron chi connectivity index (χ4n) is 1.57. The summed E-state index contributed by atoms with van der Waals surface area (Å²) in [5.74, 6) is 0.897. The minimum absolute atomic E-state index is 0.747. The summed E-state index contributed by atoms with van der Waals surface area (Å²) in [6.45, 7) is 1.74. The summed E-state index contributed by atoms with van der Waals surface area (Å²) in [6.07, 6.45) is 2.69. The maximum absolute atomic E-state index is 5.61. The first-order valence-electron chi connectivity index (χ1n) is 5.44. The van der Waals surface area contributed by atoms with E-state index in [1.165, 1.54) is 12.8 Å². The Bertz CT molecular complexity index is 306. The van der Waals surface area contributed by atoms with Crippen LogP contribution in [-0.4, -0.2) is 31.1 Å². The van der Waals surface area contributed by atoms with E-state index >= 15 is 0 Å². The molecule has 0 aromatic heterocycles. The predicted molar refractivity (Wildman–Crippen MR) is 62.0 cm³/mol. The lowest BCUT2D eigenvalue weighted by molar-refractivity contribution is 0.232. The van der Waals surface area contributed by atoms with Gasteiger partial charge in [0.1, 0.15) is 12.4 Å². The Morgan fingerprint density at radius 3 is 2.60 bits per heavy atom. The van der Waals surface area contributed by atoms with Crippen LogP contribution >= 0.6 is 0 Å². The molecule has 3 nitrogen and oxygen atoms in total. The normalized spacial score (nSPS) is 15.6. The van der Waals surface area contributed by atoms with Gasteiger partial charge in [0, 0.05) is 18.3 Å². The molecule has 0 bridgehead atoms. The highest BCUT2D eigenvalue weighted by Gasteiger charge is 2.25. The summed E-state index contributed by atoms with van der Waals surface area (Å²) in [4.78, 5) is 2.36. The second-order valence-corrected chi connectivity index (χ2v) is 4.13. The van der Waals surface area contributed by atoms with Crippen LogP contribution in [0.5, 0.6) is 5.75 Å². The molecule has 0 unspecified atom stereocenters. The predicted octanol–water partition coefficient (Wildman–Crippen LogP) is 1.74. The molecule has 2 rings (SSSR count). The van der Waals surface area contributed by atoms with Gasteiger partial charge in [-0.3, -0.25) is 0 Å². The van der Waals surface area contributed by atoms with Crippen LogP contribution in [0.15, 0.2) is 24.3 Å². The second kappa shape index (κ2) is 4.53. The van der Waals surface area contributed by atoms with Gasteiger partial charge < -0.3 is 15.4 Å². The van der Waals surface area contributed by atoms with E-state index in [9.17, 15) is 0 Å². The lowest BCUT2D eigenvalue weighted by atomic mass is 10.3. The van der Waals surface area contributed by atoms with E-state index in [1.807, 2.05) is 24.3 Å². The number of anilines is 1. The van der Waals surface area contributed by atoms with Crippen LogP contribution in [0.4, 0.5) is 5.69 Å². The van der Waals surface area contributed by atoms with Crippen molar-refractivity contribution in [1.82, 2.24) is 4.90 Å². The molecule has 1 aromatic carbocycles. The van der Waals surface area contributed by atoms with E-state index in [1.54, 1.807) is 0 Å². The van der Waals surface area contributed by atoms with Crippen molar-refractivity contribution < 1.29 is 4.74 Å². The summed E-state index contributed by atoms with van der Waals surface area (Å²) < 4.78 is 5.61. The maximum atomic E-state index is 5.61. The van der Waals surface area contributed by atoms with Crippen LogP contribution < -0.4 is 10.5 Å². The van der Waals surface area contributed by atoms with E-state index < -0.39 is 0 Å². The largest absolute Gasteiger partial charge is 0.492 e. The molecular formula is C12H18N2O. The molecule has 0 atom stereocenters. The van der Waals surface area contributed by atoms with Gasteiger partial charge in [-0.15, -0.1) is 0 Å². The van der Waals surface area contributed by atoms with Crippen molar-refractivity contribution >= 4 is 5.69 Å². The number of nitrogen functional groups attached to an aromatic ring is 1. The van der Waals surface area contributed by atoms with E-state index in [-0.39, 0.29) is 0 Å². The second-order valence-electron chi connectivity index (χ2n) is 4.13. The number of hydrogen-bond donors (Lipinski definition) is 1. The molecule has 0 radical (unpaired) electrons. The number of rotatable bonds is 5. The molecule has 0 saturated heterocycles. The SMILES string of the molecule is CN(CCOc1ccc(N)cc1)C1CC1. The van der Waals surface area contributed by atoms with E-state index in [4.69, 9.17) is 10.5 Å². The van der Waals surface area contributed by atoms with Crippen molar-refractivity contribution in [2.24, 2.45) is 0 Å². The minimum atomic E-state index is 0.747. The monoisotopic (exact) mass is 206 g/mol. The van der Waals surface area contributed by atoms with Crippen LogP contribution in [0.25, 0.3) is 0 Å². The summed E-state index contributed by atoms with van der Waals surface area (Å²) in [6, 6.07) is 8.35. The van der Waals surface area contributed by atoms with Crippen molar-refractivity contribution in [3.63, 3.8) is 0 Å². The van der Waals surface area contributed by atoms with Gasteiger partial charge in [0.25, 0.3) is 0 Å². The third-order valence-electron chi connectivity index (χ3n) is 2.76. The molecule has 2 N–H and O–H groups in total. The van der Waals surface area contributed by atoms with Gasteiger partial charge in [-0.05, 0) is 44.2 Å². The molecule has 0 heterocycles. The van der Waals surface area contributed by atoms with Crippen molar-refractivity contribution in [3.05, 3.63) is 24.3 Å². The standard InChI is InChI=1S/C12H18N2O/c1-14(11-4-5-11)8-9-15-12-6-2-10(13)3-7-12/h2-3,6-7,11H,4-5,8-9,13H2,1H3. The topological polar surface area (TPSA) is 38.5 Å². The van der Waals surface area contributed by atoms with Gasteiger partial charge in [-0.25, -0.2) is 0 Å². The highest BCUT2D eigenvalue weighted by molar-refractivity contribution is 5.41. The molecule has 1 aromatic rings. The molecule has 15 heavy (non-hydrogen) atoms. The van der Waals surface area contributed by atoms with Gasteiger partial charge in [0.2, 0.25) is 0 Å². The van der Waals surface area contributed by atoms with Gasteiger partial charge in [0.15, 0.2) is 0 Å². The van der Waals surface area contributed by atoms with Crippen molar-refractivity contribution in [2.45, 2.75) is 18.9 Å². The number of hydrogen-bond acceptors (Lipinski definition) is 3. The Morgan fingerprint density at radius 1 is 1.33 bits per heavy atom. The number of ether oxygens (including phenoxy) is 1. The molecule has 82 valence electrons. The molecule has 3 heteroatoms. The molecule has 0 aliphatic heterocycles.